The Balaban J connectivity index is 1.53. The zero-order valence-electron chi connectivity index (χ0n) is 20.0. The summed E-state index contributed by atoms with van der Waals surface area (Å²) in [6.07, 6.45) is -4.47. The van der Waals surface area contributed by atoms with E-state index in [1.165, 1.54) is 23.7 Å². The van der Waals surface area contributed by atoms with Crippen LogP contribution in [-0.2, 0) is 22.3 Å². The third-order valence-electron chi connectivity index (χ3n) is 5.54. The maximum atomic E-state index is 13.1. The van der Waals surface area contributed by atoms with Gasteiger partial charge in [-0.25, -0.2) is 5.48 Å². The van der Waals surface area contributed by atoms with Gasteiger partial charge in [0.05, 0.1) is 12.1 Å². The molecular weight excluding hydrogens is 503 g/mol. The molecule has 0 aliphatic rings. The molecule has 12 heteroatoms. The van der Waals surface area contributed by atoms with Crippen LogP contribution in [-0.4, -0.2) is 42.1 Å². The summed E-state index contributed by atoms with van der Waals surface area (Å²) in [5.74, 6) is -1.78. The maximum Gasteiger partial charge on any atom is 0.416 e. The fraction of sp³-hybridized carbons (Fsp3) is 0.192. The van der Waals surface area contributed by atoms with E-state index < -0.39 is 35.5 Å². The standard InChI is InChI=1S/C26H26F3N5O4/c27-26(28,29)21-4-2-1-3-19(21)14-31-15-23(35)32-20-11-9-17(10-12-20)16-5-7-18(8-6-16)24(36)33-22(13-30)25(37)34-38/h1-12,22,31,38H,13-15,30H2,(H,32,35)(H,33,36)(H,34,37)/t22-/m0/s1. The molecule has 0 aliphatic heterocycles. The van der Waals surface area contributed by atoms with E-state index in [1.807, 2.05) is 0 Å². The van der Waals surface area contributed by atoms with E-state index in [-0.39, 0.29) is 30.8 Å². The molecule has 0 aliphatic carbocycles. The summed E-state index contributed by atoms with van der Waals surface area (Å²) in [4.78, 5) is 36.0. The minimum absolute atomic E-state index is 0.0514. The molecule has 0 unspecified atom stereocenters. The number of carbonyl (C=O) groups excluding carboxylic acids is 3. The highest BCUT2D eigenvalue weighted by Gasteiger charge is 2.32. The van der Waals surface area contributed by atoms with Crippen LogP contribution in [0.2, 0.25) is 0 Å². The van der Waals surface area contributed by atoms with Crippen LogP contribution in [0.3, 0.4) is 0 Å². The van der Waals surface area contributed by atoms with Gasteiger partial charge < -0.3 is 21.7 Å². The molecule has 0 saturated carbocycles. The summed E-state index contributed by atoms with van der Waals surface area (Å²) in [7, 11) is 0. The Labute approximate surface area is 216 Å². The second kappa shape index (κ2) is 12.8. The zero-order valence-corrected chi connectivity index (χ0v) is 20.0. The molecule has 0 saturated heterocycles. The number of halogens is 3. The van der Waals surface area contributed by atoms with Crippen LogP contribution < -0.4 is 27.2 Å². The molecule has 3 aromatic carbocycles. The van der Waals surface area contributed by atoms with Gasteiger partial charge >= 0.3 is 6.18 Å². The van der Waals surface area contributed by atoms with E-state index in [1.54, 1.807) is 48.5 Å². The summed E-state index contributed by atoms with van der Waals surface area (Å²) in [5.41, 5.74) is 8.56. The van der Waals surface area contributed by atoms with Gasteiger partial charge in [-0.15, -0.1) is 0 Å². The van der Waals surface area contributed by atoms with Crippen LogP contribution in [0.1, 0.15) is 21.5 Å². The quantitative estimate of drug-likeness (QED) is 0.176. The Morgan fingerprint density at radius 1 is 0.895 bits per heavy atom. The van der Waals surface area contributed by atoms with Crippen LogP contribution >= 0.6 is 0 Å². The lowest BCUT2D eigenvalue weighted by Gasteiger charge is -2.14. The van der Waals surface area contributed by atoms with Crippen molar-refractivity contribution in [2.24, 2.45) is 5.73 Å². The average Bonchev–Trinajstić information content (AvgIpc) is 2.91. The van der Waals surface area contributed by atoms with Gasteiger partial charge in [-0.05, 0) is 47.0 Å². The minimum atomic E-state index is -4.47. The maximum absolute atomic E-state index is 13.1. The molecule has 0 radical (unpaired) electrons. The molecule has 9 nitrogen and oxygen atoms in total. The van der Waals surface area contributed by atoms with Crippen molar-refractivity contribution in [1.29, 1.82) is 0 Å². The topological polar surface area (TPSA) is 146 Å². The largest absolute Gasteiger partial charge is 0.416 e. The SMILES string of the molecule is NC[C@H](NC(=O)c1ccc(-c2ccc(NC(=O)CNCc3ccccc3C(F)(F)F)cc2)cc1)C(=O)NO. The first-order chi connectivity index (χ1) is 18.1. The predicted molar refractivity (Wildman–Crippen MR) is 134 cm³/mol. The van der Waals surface area contributed by atoms with E-state index in [9.17, 15) is 27.6 Å². The summed E-state index contributed by atoms with van der Waals surface area (Å²) in [6, 6.07) is 17.5. The Morgan fingerprint density at radius 2 is 1.50 bits per heavy atom. The highest BCUT2D eigenvalue weighted by molar-refractivity contribution is 5.98. The summed E-state index contributed by atoms with van der Waals surface area (Å²) >= 11 is 0. The molecule has 3 rings (SSSR count). The van der Waals surface area contributed by atoms with Crippen LogP contribution in [0.15, 0.2) is 72.8 Å². The Hall–Kier alpha value is -4.26. The lowest BCUT2D eigenvalue weighted by Crippen LogP contribution is -2.50. The van der Waals surface area contributed by atoms with Crippen molar-refractivity contribution in [2.75, 3.05) is 18.4 Å². The highest BCUT2D eigenvalue weighted by Crippen LogP contribution is 2.31. The number of hydroxylamine groups is 1. The van der Waals surface area contributed by atoms with Crippen molar-refractivity contribution in [3.05, 3.63) is 89.5 Å². The van der Waals surface area contributed by atoms with Gasteiger partial charge in [0.2, 0.25) is 5.91 Å². The van der Waals surface area contributed by atoms with Crippen molar-refractivity contribution in [3.8, 4) is 11.1 Å². The third-order valence-corrected chi connectivity index (χ3v) is 5.54. The van der Waals surface area contributed by atoms with Gasteiger partial charge in [0.15, 0.2) is 0 Å². The summed E-state index contributed by atoms with van der Waals surface area (Å²) < 4.78 is 39.2. The van der Waals surface area contributed by atoms with E-state index in [4.69, 9.17) is 10.9 Å². The molecule has 0 heterocycles. The number of alkyl halides is 3. The van der Waals surface area contributed by atoms with Crippen LogP contribution in [0.4, 0.5) is 18.9 Å². The lowest BCUT2D eigenvalue weighted by molar-refractivity contribution is -0.138. The molecule has 38 heavy (non-hydrogen) atoms. The minimum Gasteiger partial charge on any atom is -0.339 e. The van der Waals surface area contributed by atoms with Crippen molar-refractivity contribution in [2.45, 2.75) is 18.8 Å². The molecule has 0 spiro atoms. The molecule has 3 aromatic rings. The number of anilines is 1. The molecule has 1 atom stereocenters. The number of rotatable bonds is 10. The van der Waals surface area contributed by atoms with Crippen LogP contribution in [0.25, 0.3) is 11.1 Å². The smallest absolute Gasteiger partial charge is 0.339 e. The first-order valence-corrected chi connectivity index (χ1v) is 11.4. The van der Waals surface area contributed by atoms with E-state index in [0.29, 0.717) is 5.69 Å². The number of benzene rings is 3. The number of nitrogens with one attached hydrogen (secondary N) is 4. The lowest BCUT2D eigenvalue weighted by atomic mass is 10.0. The number of hydrogen-bond acceptors (Lipinski definition) is 6. The number of nitrogens with two attached hydrogens (primary N) is 1. The summed E-state index contributed by atoms with van der Waals surface area (Å²) in [6.45, 7) is -0.485. The second-order valence-electron chi connectivity index (χ2n) is 8.20. The predicted octanol–water partition coefficient (Wildman–Crippen LogP) is 2.66. The third kappa shape index (κ3) is 7.62. The van der Waals surface area contributed by atoms with Gasteiger partial charge in [0, 0.05) is 24.3 Å². The molecule has 0 fully saturated rings. The van der Waals surface area contributed by atoms with E-state index >= 15 is 0 Å². The van der Waals surface area contributed by atoms with E-state index in [2.05, 4.69) is 16.0 Å². The van der Waals surface area contributed by atoms with E-state index in [0.717, 1.165) is 17.2 Å². The van der Waals surface area contributed by atoms with Crippen LogP contribution in [0, 0.1) is 0 Å². The van der Waals surface area contributed by atoms with Crippen molar-refractivity contribution < 1.29 is 32.8 Å². The fourth-order valence-corrected chi connectivity index (χ4v) is 3.58. The van der Waals surface area contributed by atoms with Crippen LogP contribution in [0.5, 0.6) is 0 Å². The van der Waals surface area contributed by atoms with Gasteiger partial charge in [-0.1, -0.05) is 42.5 Å². The number of carbonyl (C=O) groups is 3. The first kappa shape index (κ1) is 28.3. The zero-order chi connectivity index (χ0) is 27.7. The molecule has 7 N–H and O–H groups in total. The molecule has 0 bridgehead atoms. The monoisotopic (exact) mass is 529 g/mol. The average molecular weight is 530 g/mol. The van der Waals surface area contributed by atoms with Gasteiger partial charge in [-0.2, -0.15) is 13.2 Å². The summed E-state index contributed by atoms with van der Waals surface area (Å²) in [5, 5.41) is 16.5. The number of hydrogen-bond donors (Lipinski definition) is 6. The molecular formula is C26H26F3N5O4. The van der Waals surface area contributed by atoms with Crippen molar-refractivity contribution in [1.82, 2.24) is 16.1 Å². The fourth-order valence-electron chi connectivity index (χ4n) is 3.58. The highest BCUT2D eigenvalue weighted by atomic mass is 19.4. The van der Waals surface area contributed by atoms with Gasteiger partial charge in [0.25, 0.3) is 11.8 Å². The molecule has 0 aromatic heterocycles. The molecule has 200 valence electrons. The normalized spacial score (nSPS) is 11.9. The van der Waals surface area contributed by atoms with Crippen molar-refractivity contribution in [3.63, 3.8) is 0 Å². The second-order valence-corrected chi connectivity index (χ2v) is 8.20. The number of amides is 3. The van der Waals surface area contributed by atoms with Crippen molar-refractivity contribution >= 4 is 23.4 Å². The van der Waals surface area contributed by atoms with Gasteiger partial charge in [-0.3, -0.25) is 19.6 Å². The van der Waals surface area contributed by atoms with Gasteiger partial charge in [0.1, 0.15) is 6.04 Å². The Morgan fingerprint density at radius 3 is 2.08 bits per heavy atom. The Bertz CT molecular complexity index is 1270. The first-order valence-electron chi connectivity index (χ1n) is 11.4. The molecule has 3 amide bonds. The Kier molecular flexibility index (Phi) is 9.55.